The molecule has 2 N–H and O–H groups in total. The van der Waals surface area contributed by atoms with Crippen molar-refractivity contribution in [2.24, 2.45) is 0 Å². The van der Waals surface area contributed by atoms with Crippen LogP contribution in [-0.4, -0.2) is 43.6 Å². The first-order valence-electron chi connectivity index (χ1n) is 4.09. The lowest BCUT2D eigenvalue weighted by atomic mass is 10.3. The number of nitrogens with one attached hydrogen (secondary N) is 1. The number of hydrogen-bond acceptors (Lipinski definition) is 4. The second-order valence-electron chi connectivity index (χ2n) is 2.65. The molecule has 0 aliphatic carbocycles. The minimum absolute atomic E-state index is 0.0256. The molecule has 1 atom stereocenters. The highest BCUT2D eigenvalue weighted by Gasteiger charge is 2.22. The summed E-state index contributed by atoms with van der Waals surface area (Å²) in [5.74, 6) is -1.49. The highest BCUT2D eigenvalue weighted by Crippen LogP contribution is 1.95. The Balaban J connectivity index is 4.35. The summed E-state index contributed by atoms with van der Waals surface area (Å²) in [6.07, 6.45) is 0. The van der Waals surface area contributed by atoms with Gasteiger partial charge in [0.15, 0.2) is 9.84 Å². The van der Waals surface area contributed by atoms with Gasteiger partial charge >= 0.3 is 5.97 Å². The molecule has 0 rings (SSSR count). The minimum atomic E-state index is -3.23. The summed E-state index contributed by atoms with van der Waals surface area (Å²) in [6.45, 7) is 3.67. The summed E-state index contributed by atoms with van der Waals surface area (Å²) in [5.41, 5.74) is 0. The van der Waals surface area contributed by atoms with Gasteiger partial charge in [-0.05, 0) is 6.54 Å². The highest BCUT2D eigenvalue weighted by molar-refractivity contribution is 7.91. The van der Waals surface area contributed by atoms with E-state index in [4.69, 9.17) is 5.11 Å². The van der Waals surface area contributed by atoms with E-state index >= 15 is 0 Å². The number of hydrogen-bond donors (Lipinski definition) is 2. The maximum atomic E-state index is 11.1. The monoisotopic (exact) mass is 209 g/mol. The molecule has 0 heterocycles. The molecule has 0 spiro atoms. The number of carbonyl (C=O) groups is 1. The maximum Gasteiger partial charge on any atom is 0.321 e. The standard InChI is InChI=1S/C7H15NO4S/c1-3-8-6(7(9)10)5-13(11,12)4-2/h6,8H,3-5H2,1-2H3,(H,9,10). The molecule has 0 fully saturated rings. The zero-order valence-electron chi connectivity index (χ0n) is 7.78. The van der Waals surface area contributed by atoms with E-state index in [1.807, 2.05) is 0 Å². The van der Waals surface area contributed by atoms with Crippen LogP contribution < -0.4 is 5.32 Å². The molecule has 0 amide bonds. The first-order chi connectivity index (χ1) is 5.93. The van der Waals surface area contributed by atoms with Gasteiger partial charge in [0.1, 0.15) is 6.04 Å². The average molecular weight is 209 g/mol. The molecular formula is C7H15NO4S. The molecule has 0 saturated carbocycles. The van der Waals surface area contributed by atoms with Crippen molar-refractivity contribution < 1.29 is 18.3 Å². The fraction of sp³-hybridized carbons (Fsp3) is 0.857. The van der Waals surface area contributed by atoms with Gasteiger partial charge in [-0.15, -0.1) is 0 Å². The summed E-state index contributed by atoms with van der Waals surface area (Å²) in [6, 6.07) is -0.991. The van der Waals surface area contributed by atoms with Crippen LogP contribution in [0, 0.1) is 0 Å². The molecule has 1 unspecified atom stereocenters. The van der Waals surface area contributed by atoms with Gasteiger partial charge in [0.2, 0.25) is 0 Å². The summed E-state index contributed by atoms with van der Waals surface area (Å²) in [5, 5.41) is 11.2. The fourth-order valence-electron chi connectivity index (χ4n) is 0.836. The Morgan fingerprint density at radius 2 is 2.00 bits per heavy atom. The highest BCUT2D eigenvalue weighted by atomic mass is 32.2. The van der Waals surface area contributed by atoms with Gasteiger partial charge in [-0.1, -0.05) is 13.8 Å². The van der Waals surface area contributed by atoms with Crippen molar-refractivity contribution in [1.82, 2.24) is 5.32 Å². The largest absolute Gasteiger partial charge is 0.480 e. The van der Waals surface area contributed by atoms with Crippen LogP contribution in [0.3, 0.4) is 0 Å². The van der Waals surface area contributed by atoms with E-state index in [1.54, 1.807) is 6.92 Å². The predicted molar refractivity (Wildman–Crippen MR) is 49.4 cm³/mol. The second-order valence-corrected chi connectivity index (χ2v) is 5.05. The number of carboxylic acids is 1. The van der Waals surface area contributed by atoms with Crippen LogP contribution in [0.2, 0.25) is 0 Å². The van der Waals surface area contributed by atoms with Crippen LogP contribution in [0.25, 0.3) is 0 Å². The lowest BCUT2D eigenvalue weighted by molar-refractivity contribution is -0.138. The topological polar surface area (TPSA) is 83.5 Å². The Morgan fingerprint density at radius 3 is 2.31 bits per heavy atom. The van der Waals surface area contributed by atoms with Crippen LogP contribution in [-0.2, 0) is 14.6 Å². The first kappa shape index (κ1) is 12.4. The average Bonchev–Trinajstić information content (AvgIpc) is 2.03. The smallest absolute Gasteiger partial charge is 0.321 e. The van der Waals surface area contributed by atoms with Gasteiger partial charge in [0.25, 0.3) is 0 Å². The predicted octanol–water partition coefficient (Wildman–Crippen LogP) is -0.516. The van der Waals surface area contributed by atoms with E-state index in [0.29, 0.717) is 6.54 Å². The van der Waals surface area contributed by atoms with Gasteiger partial charge in [0.05, 0.1) is 5.75 Å². The van der Waals surface area contributed by atoms with Crippen molar-refractivity contribution in [3.63, 3.8) is 0 Å². The molecule has 6 heteroatoms. The number of aliphatic carboxylic acids is 1. The molecule has 13 heavy (non-hydrogen) atoms. The van der Waals surface area contributed by atoms with E-state index in [-0.39, 0.29) is 11.5 Å². The van der Waals surface area contributed by atoms with E-state index < -0.39 is 21.8 Å². The molecule has 0 radical (unpaired) electrons. The Hall–Kier alpha value is -0.620. The SMILES string of the molecule is CCNC(CS(=O)(=O)CC)C(=O)O. The summed E-state index contributed by atoms with van der Waals surface area (Å²) < 4.78 is 22.2. The second kappa shape index (κ2) is 5.18. The minimum Gasteiger partial charge on any atom is -0.480 e. The van der Waals surface area contributed by atoms with Crippen molar-refractivity contribution >= 4 is 15.8 Å². The Kier molecular flexibility index (Phi) is 4.94. The van der Waals surface area contributed by atoms with Crippen molar-refractivity contribution in [3.8, 4) is 0 Å². The molecule has 0 aromatic rings. The molecular weight excluding hydrogens is 194 g/mol. The third-order valence-electron chi connectivity index (χ3n) is 1.61. The molecule has 78 valence electrons. The zero-order chi connectivity index (χ0) is 10.5. The Bertz CT molecular complexity index is 260. The van der Waals surface area contributed by atoms with E-state index in [0.717, 1.165) is 0 Å². The first-order valence-corrected chi connectivity index (χ1v) is 5.91. The molecule has 0 aliphatic rings. The van der Waals surface area contributed by atoms with Crippen LogP contribution in [0.1, 0.15) is 13.8 Å². The Morgan fingerprint density at radius 1 is 1.46 bits per heavy atom. The van der Waals surface area contributed by atoms with Crippen molar-refractivity contribution in [3.05, 3.63) is 0 Å². The van der Waals surface area contributed by atoms with Crippen molar-refractivity contribution in [1.29, 1.82) is 0 Å². The van der Waals surface area contributed by atoms with Gasteiger partial charge < -0.3 is 10.4 Å². The molecule has 5 nitrogen and oxygen atoms in total. The Labute approximate surface area is 78.1 Å². The van der Waals surface area contributed by atoms with E-state index in [1.165, 1.54) is 6.92 Å². The number of rotatable bonds is 6. The van der Waals surface area contributed by atoms with Crippen LogP contribution in [0.4, 0.5) is 0 Å². The fourth-order valence-corrected chi connectivity index (χ4v) is 1.84. The van der Waals surface area contributed by atoms with Gasteiger partial charge in [-0.25, -0.2) is 8.42 Å². The number of sulfone groups is 1. The van der Waals surface area contributed by atoms with Gasteiger partial charge in [-0.3, -0.25) is 4.79 Å². The summed E-state index contributed by atoms with van der Waals surface area (Å²) in [7, 11) is -3.23. The maximum absolute atomic E-state index is 11.1. The molecule has 0 aromatic heterocycles. The molecule has 0 bridgehead atoms. The molecule has 0 aromatic carbocycles. The van der Waals surface area contributed by atoms with Crippen molar-refractivity contribution in [2.75, 3.05) is 18.1 Å². The van der Waals surface area contributed by atoms with E-state index in [2.05, 4.69) is 5.32 Å². The lowest BCUT2D eigenvalue weighted by Crippen LogP contribution is -2.42. The molecule has 0 saturated heterocycles. The summed E-state index contributed by atoms with van der Waals surface area (Å²) >= 11 is 0. The van der Waals surface area contributed by atoms with Crippen LogP contribution in [0.5, 0.6) is 0 Å². The van der Waals surface area contributed by atoms with Crippen LogP contribution in [0.15, 0.2) is 0 Å². The van der Waals surface area contributed by atoms with Gasteiger partial charge in [0, 0.05) is 5.75 Å². The number of likely N-dealkylation sites (N-methyl/N-ethyl adjacent to an activating group) is 1. The lowest BCUT2D eigenvalue weighted by Gasteiger charge is -2.12. The van der Waals surface area contributed by atoms with E-state index in [9.17, 15) is 13.2 Å². The third kappa shape index (κ3) is 4.84. The van der Waals surface area contributed by atoms with Crippen molar-refractivity contribution in [2.45, 2.75) is 19.9 Å². The summed E-state index contributed by atoms with van der Waals surface area (Å²) in [4.78, 5) is 10.6. The van der Waals surface area contributed by atoms with Crippen LogP contribution >= 0.6 is 0 Å². The zero-order valence-corrected chi connectivity index (χ0v) is 8.60. The quantitative estimate of drug-likeness (QED) is 0.615. The van der Waals surface area contributed by atoms with Gasteiger partial charge in [-0.2, -0.15) is 0 Å². The number of carboxylic acid groups (broad SMARTS) is 1. The normalized spacial score (nSPS) is 14.0. The third-order valence-corrected chi connectivity index (χ3v) is 3.33. The molecule has 0 aliphatic heterocycles.